The Hall–Kier alpha value is -2.57. The molecule has 0 aliphatic heterocycles. The first-order valence-electron chi connectivity index (χ1n) is 10.4. The molecule has 0 aliphatic rings. The summed E-state index contributed by atoms with van der Waals surface area (Å²) in [6, 6.07) is 8.99. The minimum Gasteiger partial charge on any atom is -0.479 e. The predicted octanol–water partition coefficient (Wildman–Crippen LogP) is 5.65. The maximum atomic E-state index is 13.2. The molecule has 0 spiro atoms. The number of carbonyl (C=O) groups is 1. The van der Waals surface area contributed by atoms with Gasteiger partial charge in [-0.25, -0.2) is 4.79 Å². The molecular formula is C24H31ClN2O4. The highest BCUT2D eigenvalue weighted by Crippen LogP contribution is 2.37. The number of ether oxygens (including phenoxy) is 1. The first-order valence-corrected chi connectivity index (χ1v) is 10.8. The minimum absolute atomic E-state index is 0.261. The molecule has 6 nitrogen and oxygen atoms in total. The molecule has 168 valence electrons. The zero-order valence-corrected chi connectivity index (χ0v) is 19.9. The quantitative estimate of drug-likeness (QED) is 0.549. The Balaban J connectivity index is 0.00000166. The van der Waals surface area contributed by atoms with Gasteiger partial charge in [-0.15, -0.1) is 0 Å². The van der Waals surface area contributed by atoms with Gasteiger partial charge in [-0.3, -0.25) is 4.79 Å². The van der Waals surface area contributed by atoms with Gasteiger partial charge in [-0.05, 0) is 51.5 Å². The van der Waals surface area contributed by atoms with Crippen molar-refractivity contribution >= 4 is 28.5 Å². The smallest absolute Gasteiger partial charge is 0.339 e. The molecule has 3 aromatic rings. The molecule has 0 amide bonds. The molecule has 3 rings (SSSR count). The van der Waals surface area contributed by atoms with Crippen LogP contribution >= 0.6 is 11.6 Å². The lowest BCUT2D eigenvalue weighted by atomic mass is 9.96. The summed E-state index contributed by atoms with van der Waals surface area (Å²) in [5.74, 6) is -1.15. The van der Waals surface area contributed by atoms with E-state index in [1.807, 2.05) is 49.7 Å². The first kappa shape index (κ1) is 24.7. The third-order valence-electron chi connectivity index (χ3n) is 4.78. The highest BCUT2D eigenvalue weighted by Gasteiger charge is 2.33. The van der Waals surface area contributed by atoms with Gasteiger partial charge < -0.3 is 19.0 Å². The van der Waals surface area contributed by atoms with Crippen molar-refractivity contribution in [1.29, 1.82) is 0 Å². The Labute approximate surface area is 188 Å². The van der Waals surface area contributed by atoms with Crippen LogP contribution in [0.1, 0.15) is 53.3 Å². The highest BCUT2D eigenvalue weighted by atomic mass is 35.5. The summed E-state index contributed by atoms with van der Waals surface area (Å²) in [4.78, 5) is 25.4. The van der Waals surface area contributed by atoms with E-state index in [9.17, 15) is 14.7 Å². The normalized spacial score (nSPS) is 12.4. The number of pyridine rings is 1. The minimum atomic E-state index is -1.31. The predicted molar refractivity (Wildman–Crippen MR) is 126 cm³/mol. The Kier molecular flexibility index (Phi) is 7.73. The second-order valence-corrected chi connectivity index (χ2v) is 8.38. The van der Waals surface area contributed by atoms with Gasteiger partial charge in [-0.2, -0.15) is 0 Å². The molecule has 7 heteroatoms. The lowest BCUT2D eigenvalue weighted by Gasteiger charge is -2.28. The van der Waals surface area contributed by atoms with E-state index in [1.54, 1.807) is 40.0 Å². The van der Waals surface area contributed by atoms with Crippen molar-refractivity contribution in [2.45, 2.75) is 59.8 Å². The molecule has 1 N–H and O–H groups in total. The van der Waals surface area contributed by atoms with Crippen molar-refractivity contribution in [3.8, 4) is 11.1 Å². The molecular weight excluding hydrogens is 416 g/mol. The zero-order chi connectivity index (χ0) is 23.5. The number of aromatic nitrogens is 2. The fourth-order valence-corrected chi connectivity index (χ4v) is 3.68. The Morgan fingerprint density at radius 2 is 1.74 bits per heavy atom. The molecule has 0 radical (unpaired) electrons. The van der Waals surface area contributed by atoms with Crippen LogP contribution in [0.3, 0.4) is 0 Å². The summed E-state index contributed by atoms with van der Waals surface area (Å²) in [6.45, 7) is 11.9. The lowest BCUT2D eigenvalue weighted by molar-refractivity contribution is -0.161. The van der Waals surface area contributed by atoms with Crippen LogP contribution < -0.4 is 5.56 Å². The summed E-state index contributed by atoms with van der Waals surface area (Å²) < 4.78 is 9.15. The van der Waals surface area contributed by atoms with Gasteiger partial charge in [0.25, 0.3) is 5.56 Å². The van der Waals surface area contributed by atoms with Crippen molar-refractivity contribution in [2.75, 3.05) is 0 Å². The Bertz CT molecular complexity index is 1120. The van der Waals surface area contributed by atoms with E-state index in [0.29, 0.717) is 33.7 Å². The number of aliphatic carboxylic acids is 1. The van der Waals surface area contributed by atoms with E-state index >= 15 is 0 Å². The largest absolute Gasteiger partial charge is 0.479 e. The molecule has 0 bridgehead atoms. The summed E-state index contributed by atoms with van der Waals surface area (Å²) in [7, 11) is 1.59. The monoisotopic (exact) mass is 446 g/mol. The SMILES string of the molecule is CC.CCn1ccc2c(-c3ccc(Cl)cc3)c(C(OC(C)(C)C)C(=O)O)n(C)c(=O)c21. The van der Waals surface area contributed by atoms with E-state index in [4.69, 9.17) is 16.3 Å². The van der Waals surface area contributed by atoms with Crippen molar-refractivity contribution in [3.05, 3.63) is 57.6 Å². The third kappa shape index (κ3) is 5.02. The van der Waals surface area contributed by atoms with E-state index in [1.165, 1.54) is 4.57 Å². The zero-order valence-electron chi connectivity index (χ0n) is 19.2. The van der Waals surface area contributed by atoms with E-state index in [2.05, 4.69) is 0 Å². The van der Waals surface area contributed by atoms with Crippen LogP contribution in [-0.4, -0.2) is 25.8 Å². The lowest BCUT2D eigenvalue weighted by Crippen LogP contribution is -2.33. The van der Waals surface area contributed by atoms with E-state index in [-0.39, 0.29) is 5.56 Å². The van der Waals surface area contributed by atoms with Crippen LogP contribution in [0.25, 0.3) is 22.0 Å². The average molecular weight is 447 g/mol. The van der Waals surface area contributed by atoms with Crippen molar-refractivity contribution in [3.63, 3.8) is 0 Å². The number of rotatable bonds is 5. The number of fused-ring (bicyclic) bond motifs is 1. The van der Waals surface area contributed by atoms with Crippen LogP contribution in [0.2, 0.25) is 5.02 Å². The van der Waals surface area contributed by atoms with Crippen LogP contribution in [-0.2, 0) is 23.1 Å². The molecule has 1 atom stereocenters. The Morgan fingerprint density at radius 1 is 1.16 bits per heavy atom. The number of aryl methyl sites for hydroxylation is 1. The van der Waals surface area contributed by atoms with Crippen LogP contribution in [0, 0.1) is 0 Å². The van der Waals surface area contributed by atoms with Crippen molar-refractivity contribution < 1.29 is 14.6 Å². The maximum absolute atomic E-state index is 13.2. The van der Waals surface area contributed by atoms with Gasteiger partial charge in [0, 0.05) is 35.8 Å². The molecule has 0 saturated heterocycles. The standard InChI is InChI=1S/C22H25ClN2O4.C2H6/c1-6-25-12-11-15-16(13-7-9-14(23)10-8-13)18(24(5)20(26)17(15)25)19(21(27)28)29-22(2,3)4;1-2/h7-12,19H,6H2,1-5H3,(H,27,28);1-2H3. The highest BCUT2D eigenvalue weighted by molar-refractivity contribution is 6.30. The van der Waals surface area contributed by atoms with Crippen molar-refractivity contribution in [2.24, 2.45) is 7.05 Å². The fraction of sp³-hybridized carbons (Fsp3) is 0.417. The van der Waals surface area contributed by atoms with Crippen molar-refractivity contribution in [1.82, 2.24) is 9.13 Å². The van der Waals surface area contributed by atoms with E-state index in [0.717, 1.165) is 5.56 Å². The number of nitrogens with zero attached hydrogens (tertiary/aromatic N) is 2. The first-order chi connectivity index (χ1) is 14.5. The number of benzene rings is 1. The van der Waals surface area contributed by atoms with E-state index < -0.39 is 17.7 Å². The number of hydrogen-bond acceptors (Lipinski definition) is 3. The second-order valence-electron chi connectivity index (χ2n) is 7.94. The van der Waals surface area contributed by atoms with Crippen LogP contribution in [0.4, 0.5) is 0 Å². The summed E-state index contributed by atoms with van der Waals surface area (Å²) in [6.07, 6.45) is 0.531. The van der Waals surface area contributed by atoms with Gasteiger partial charge in [-0.1, -0.05) is 37.6 Å². The van der Waals surface area contributed by atoms with Gasteiger partial charge in [0.15, 0.2) is 6.10 Å². The van der Waals surface area contributed by atoms with Gasteiger partial charge in [0.2, 0.25) is 0 Å². The Morgan fingerprint density at radius 3 is 2.23 bits per heavy atom. The molecule has 2 heterocycles. The molecule has 31 heavy (non-hydrogen) atoms. The number of halogens is 1. The fourth-order valence-electron chi connectivity index (χ4n) is 3.55. The summed E-state index contributed by atoms with van der Waals surface area (Å²) in [5, 5.41) is 11.2. The molecule has 1 aromatic carbocycles. The average Bonchev–Trinajstić information content (AvgIpc) is 3.14. The van der Waals surface area contributed by atoms with Crippen LogP contribution in [0.5, 0.6) is 0 Å². The topological polar surface area (TPSA) is 73.5 Å². The molecule has 2 aromatic heterocycles. The van der Waals surface area contributed by atoms with Gasteiger partial charge in [0.1, 0.15) is 5.52 Å². The molecule has 1 unspecified atom stereocenters. The molecule has 0 aliphatic carbocycles. The third-order valence-corrected chi connectivity index (χ3v) is 5.03. The second kappa shape index (κ2) is 9.71. The number of carboxylic acid groups (broad SMARTS) is 1. The van der Waals surface area contributed by atoms with Gasteiger partial charge >= 0.3 is 5.97 Å². The van der Waals surface area contributed by atoms with Gasteiger partial charge in [0.05, 0.1) is 11.3 Å². The molecule has 0 saturated carbocycles. The number of carboxylic acids is 1. The number of hydrogen-bond donors (Lipinski definition) is 1. The summed E-state index contributed by atoms with van der Waals surface area (Å²) >= 11 is 6.06. The molecule has 0 fully saturated rings. The van der Waals surface area contributed by atoms with Crippen LogP contribution in [0.15, 0.2) is 41.3 Å². The maximum Gasteiger partial charge on any atom is 0.339 e. The summed E-state index contributed by atoms with van der Waals surface area (Å²) in [5.41, 5.74) is 1.28.